The molecule has 5 rings (SSSR count). The molecule has 8 heteroatoms. The number of phenols is 2. The maximum absolute atomic E-state index is 13.2. The maximum atomic E-state index is 13.2. The monoisotopic (exact) mass is 544 g/mol. The Morgan fingerprint density at radius 2 is 1.55 bits per heavy atom. The average Bonchev–Trinajstić information content (AvgIpc) is 2.91. The topological polar surface area (TPSA) is 141 Å². The van der Waals surface area contributed by atoms with E-state index in [-0.39, 0.29) is 52.8 Å². The number of hydrogen-bond donors (Lipinski definition) is 4. The van der Waals surface area contributed by atoms with Crippen molar-refractivity contribution >= 4 is 17.5 Å². The van der Waals surface area contributed by atoms with Crippen molar-refractivity contribution in [3.8, 4) is 11.5 Å². The van der Waals surface area contributed by atoms with Gasteiger partial charge in [-0.3, -0.25) is 14.4 Å². The smallest absolute Gasteiger partial charge is 0.308 e. The third-order valence-electron chi connectivity index (χ3n) is 7.84. The summed E-state index contributed by atoms with van der Waals surface area (Å²) in [5.74, 6) is -3.13. The fourth-order valence-electron chi connectivity index (χ4n) is 5.79. The predicted molar refractivity (Wildman–Crippen MR) is 146 cm³/mol. The van der Waals surface area contributed by atoms with E-state index in [9.17, 15) is 34.8 Å². The van der Waals surface area contributed by atoms with Gasteiger partial charge in [-0.15, -0.1) is 0 Å². The minimum absolute atomic E-state index is 0.0677. The zero-order chi connectivity index (χ0) is 28.6. The second-order valence-electron chi connectivity index (χ2n) is 10.9. The highest BCUT2D eigenvalue weighted by molar-refractivity contribution is 6.30. The Labute approximate surface area is 231 Å². The van der Waals surface area contributed by atoms with Gasteiger partial charge in [-0.2, -0.15) is 0 Å². The molecule has 2 aliphatic carbocycles. The summed E-state index contributed by atoms with van der Waals surface area (Å²) < 4.78 is 5.32. The molecule has 0 fully saturated rings. The van der Waals surface area contributed by atoms with Crippen molar-refractivity contribution in [3.05, 3.63) is 93.0 Å². The Balaban J connectivity index is 1.25. The molecule has 0 aliphatic heterocycles. The normalized spacial score (nSPS) is 19.5. The number of phenolic OH excluding ortho intramolecular Hbond substituents is 2. The summed E-state index contributed by atoms with van der Waals surface area (Å²) in [4.78, 5) is 38.9. The van der Waals surface area contributed by atoms with E-state index in [2.05, 4.69) is 24.3 Å². The third-order valence-corrected chi connectivity index (χ3v) is 7.84. The molecule has 0 saturated heterocycles. The lowest BCUT2D eigenvalue weighted by atomic mass is 9.72. The van der Waals surface area contributed by atoms with Crippen LogP contribution in [0, 0.1) is 6.92 Å². The molecule has 0 saturated carbocycles. The Morgan fingerprint density at radius 3 is 2.20 bits per heavy atom. The summed E-state index contributed by atoms with van der Waals surface area (Å²) in [6, 6.07) is 14.5. The van der Waals surface area contributed by atoms with Crippen molar-refractivity contribution in [2.45, 2.75) is 63.6 Å². The highest BCUT2D eigenvalue weighted by Crippen LogP contribution is 2.50. The first-order valence-corrected chi connectivity index (χ1v) is 13.5. The van der Waals surface area contributed by atoms with Gasteiger partial charge in [0.1, 0.15) is 11.5 Å². The van der Waals surface area contributed by atoms with E-state index < -0.39 is 47.2 Å². The van der Waals surface area contributed by atoms with Gasteiger partial charge in [0.05, 0.1) is 35.9 Å². The van der Waals surface area contributed by atoms with Crippen LogP contribution < -0.4 is 0 Å². The number of unbranched alkanes of at least 4 members (excludes halogenated alkanes) is 2. The van der Waals surface area contributed by atoms with Crippen molar-refractivity contribution in [3.63, 3.8) is 0 Å². The molecule has 0 amide bonds. The Hall–Kier alpha value is -4.01. The number of esters is 1. The van der Waals surface area contributed by atoms with Gasteiger partial charge in [-0.05, 0) is 38.2 Å². The van der Waals surface area contributed by atoms with E-state index in [1.807, 2.05) is 6.92 Å². The SMILES string of the molecule is Cc1ccc(CCCCCOC(=O)C[C@@]2(O)Cc3c(O)c4c(c(O)c3[C@@H](O)C2)C(=O)c2ccccc2C4=O)cc1. The largest absolute Gasteiger partial charge is 0.507 e. The van der Waals surface area contributed by atoms with Gasteiger partial charge in [0.2, 0.25) is 0 Å². The van der Waals surface area contributed by atoms with E-state index >= 15 is 0 Å². The number of aliphatic hydroxyl groups is 2. The Kier molecular flexibility index (Phi) is 7.49. The lowest BCUT2D eigenvalue weighted by molar-refractivity contribution is -0.151. The van der Waals surface area contributed by atoms with E-state index in [1.165, 1.54) is 23.3 Å². The molecule has 3 aromatic carbocycles. The first-order valence-electron chi connectivity index (χ1n) is 13.5. The van der Waals surface area contributed by atoms with Crippen LogP contribution in [-0.2, 0) is 22.4 Å². The molecule has 2 atom stereocenters. The van der Waals surface area contributed by atoms with Crippen molar-refractivity contribution in [1.29, 1.82) is 0 Å². The molecule has 2 aliphatic rings. The summed E-state index contributed by atoms with van der Waals surface area (Å²) in [7, 11) is 0. The molecule has 8 nitrogen and oxygen atoms in total. The zero-order valence-electron chi connectivity index (χ0n) is 22.3. The van der Waals surface area contributed by atoms with Gasteiger partial charge in [-0.25, -0.2) is 0 Å². The van der Waals surface area contributed by atoms with Crippen LogP contribution in [0.15, 0.2) is 48.5 Å². The molecule has 0 unspecified atom stereocenters. The molecule has 0 spiro atoms. The molecule has 0 heterocycles. The highest BCUT2D eigenvalue weighted by atomic mass is 16.5. The van der Waals surface area contributed by atoms with Crippen molar-refractivity contribution in [2.24, 2.45) is 0 Å². The molecule has 3 aromatic rings. The van der Waals surface area contributed by atoms with Crippen LogP contribution in [0.4, 0.5) is 0 Å². The van der Waals surface area contributed by atoms with Gasteiger partial charge in [0, 0.05) is 35.1 Å². The number of benzene rings is 3. The summed E-state index contributed by atoms with van der Waals surface area (Å²) in [5, 5.41) is 44.2. The molecule has 0 aromatic heterocycles. The quantitative estimate of drug-likeness (QED) is 0.147. The standard InChI is InChI=1S/C32H32O8/c1-18-10-12-19(13-11-18)7-3-2-6-14-40-24(34)17-32(39)15-22-25(23(33)16-32)31(38)27-26(30(22)37)28(35)20-8-4-5-9-21(20)29(27)36/h4-5,8-13,23,33,37-39H,2-3,6-7,14-17H2,1H3/t23-,32+/m0/s1. The van der Waals surface area contributed by atoms with Crippen LogP contribution in [0.1, 0.15) is 92.3 Å². The number of ether oxygens (including phenoxy) is 1. The summed E-state index contributed by atoms with van der Waals surface area (Å²) in [6.45, 7) is 2.24. The van der Waals surface area contributed by atoms with Gasteiger partial charge < -0.3 is 25.2 Å². The number of aryl methyl sites for hydroxylation is 2. The number of aliphatic hydroxyl groups excluding tert-OH is 1. The van der Waals surface area contributed by atoms with Crippen molar-refractivity contribution in [1.82, 2.24) is 0 Å². The molecule has 0 radical (unpaired) electrons. The van der Waals surface area contributed by atoms with E-state index in [0.717, 1.165) is 19.3 Å². The minimum atomic E-state index is -1.78. The summed E-state index contributed by atoms with van der Waals surface area (Å²) in [6.07, 6.45) is 0.847. The fraction of sp³-hybridized carbons (Fsp3) is 0.344. The molecule has 208 valence electrons. The second kappa shape index (κ2) is 10.9. The van der Waals surface area contributed by atoms with E-state index in [1.54, 1.807) is 12.1 Å². The van der Waals surface area contributed by atoms with Gasteiger partial charge in [0.15, 0.2) is 11.6 Å². The average molecular weight is 545 g/mol. The van der Waals surface area contributed by atoms with Crippen molar-refractivity contribution in [2.75, 3.05) is 6.61 Å². The molecule has 0 bridgehead atoms. The van der Waals surface area contributed by atoms with Gasteiger partial charge >= 0.3 is 5.97 Å². The van der Waals surface area contributed by atoms with Crippen LogP contribution in [0.3, 0.4) is 0 Å². The maximum Gasteiger partial charge on any atom is 0.308 e. The molecule has 40 heavy (non-hydrogen) atoms. The summed E-state index contributed by atoms with van der Waals surface area (Å²) >= 11 is 0. The molecular weight excluding hydrogens is 512 g/mol. The van der Waals surface area contributed by atoms with Crippen LogP contribution in [0.25, 0.3) is 0 Å². The second-order valence-corrected chi connectivity index (χ2v) is 10.9. The number of carbonyl (C=O) groups is 3. The third kappa shape index (κ3) is 5.12. The highest BCUT2D eigenvalue weighted by Gasteiger charge is 2.46. The summed E-state index contributed by atoms with van der Waals surface area (Å²) in [5.41, 5.74) is -0.0646. The number of hydrogen-bond acceptors (Lipinski definition) is 8. The molecule has 4 N–H and O–H groups in total. The number of rotatable bonds is 8. The fourth-order valence-corrected chi connectivity index (χ4v) is 5.79. The number of aromatic hydroxyl groups is 2. The first-order chi connectivity index (χ1) is 19.1. The lowest BCUT2D eigenvalue weighted by Crippen LogP contribution is -2.41. The van der Waals surface area contributed by atoms with Crippen LogP contribution in [0.2, 0.25) is 0 Å². The zero-order valence-corrected chi connectivity index (χ0v) is 22.3. The minimum Gasteiger partial charge on any atom is -0.507 e. The van der Waals surface area contributed by atoms with E-state index in [4.69, 9.17) is 4.74 Å². The van der Waals surface area contributed by atoms with Crippen molar-refractivity contribution < 1.29 is 39.5 Å². The Bertz CT molecular complexity index is 1490. The van der Waals surface area contributed by atoms with Gasteiger partial charge in [-0.1, -0.05) is 54.1 Å². The van der Waals surface area contributed by atoms with Crippen LogP contribution in [-0.4, -0.2) is 50.2 Å². The van der Waals surface area contributed by atoms with Gasteiger partial charge in [0.25, 0.3) is 0 Å². The number of carbonyl (C=O) groups excluding carboxylic acids is 3. The lowest BCUT2D eigenvalue weighted by Gasteiger charge is -2.37. The van der Waals surface area contributed by atoms with E-state index in [0.29, 0.717) is 6.42 Å². The first kappa shape index (κ1) is 27.6. The van der Waals surface area contributed by atoms with Crippen LogP contribution in [0.5, 0.6) is 11.5 Å². The predicted octanol–water partition coefficient (Wildman–Crippen LogP) is 4.24. The van der Waals surface area contributed by atoms with Crippen LogP contribution >= 0.6 is 0 Å². The number of fused-ring (bicyclic) bond motifs is 3. The Morgan fingerprint density at radius 1 is 0.925 bits per heavy atom. The number of ketones is 2. The molecular formula is C32H32O8.